The molecular weight excluding hydrogens is 582 g/mol. The van der Waals surface area contributed by atoms with E-state index >= 15 is 0 Å². The Bertz CT molecular complexity index is 1420. The van der Waals surface area contributed by atoms with Crippen LogP contribution in [0.15, 0.2) is 66.7 Å². The van der Waals surface area contributed by atoms with Gasteiger partial charge in [-0.25, -0.2) is 22.0 Å². The SMILES string of the molecule is CCCCN(C(=O)NC1CCN(Cc2ccc(Cc3ccc(NS(C)(=O)=O)cc3)cc2)CC1)c1ccc(F)cc1F.Cl. The van der Waals surface area contributed by atoms with Crippen LogP contribution >= 0.6 is 12.4 Å². The van der Waals surface area contributed by atoms with Crippen LogP contribution in [0.1, 0.15) is 49.3 Å². The molecule has 0 unspecified atom stereocenters. The van der Waals surface area contributed by atoms with Gasteiger partial charge in [0.25, 0.3) is 0 Å². The van der Waals surface area contributed by atoms with Crippen molar-refractivity contribution in [2.75, 3.05) is 35.5 Å². The number of nitrogens with zero attached hydrogens (tertiary/aromatic N) is 2. The quantitative estimate of drug-likeness (QED) is 0.263. The molecule has 1 saturated heterocycles. The van der Waals surface area contributed by atoms with E-state index in [0.717, 1.165) is 69.6 Å². The fraction of sp³-hybridized carbons (Fsp3) is 0.387. The Kier molecular flexibility index (Phi) is 12.1. The molecule has 1 aliphatic rings. The van der Waals surface area contributed by atoms with Gasteiger partial charge in [0, 0.05) is 44.0 Å². The van der Waals surface area contributed by atoms with Gasteiger partial charge in [-0.3, -0.25) is 14.5 Å². The Morgan fingerprint density at radius 3 is 2.12 bits per heavy atom. The lowest BCUT2D eigenvalue weighted by Gasteiger charge is -2.34. The van der Waals surface area contributed by atoms with Crippen LogP contribution in [0.5, 0.6) is 0 Å². The van der Waals surface area contributed by atoms with Crippen LogP contribution in [0.3, 0.4) is 0 Å². The van der Waals surface area contributed by atoms with E-state index in [9.17, 15) is 22.0 Å². The van der Waals surface area contributed by atoms with Crippen LogP contribution in [0.25, 0.3) is 0 Å². The summed E-state index contributed by atoms with van der Waals surface area (Å²) < 4.78 is 53.1. The summed E-state index contributed by atoms with van der Waals surface area (Å²) in [7, 11) is -3.29. The first-order valence-corrected chi connectivity index (χ1v) is 15.9. The fourth-order valence-corrected chi connectivity index (χ4v) is 5.56. The summed E-state index contributed by atoms with van der Waals surface area (Å²) in [5, 5.41) is 3.06. The largest absolute Gasteiger partial charge is 0.335 e. The van der Waals surface area contributed by atoms with Gasteiger partial charge in [0.1, 0.15) is 11.6 Å². The summed E-state index contributed by atoms with van der Waals surface area (Å²) >= 11 is 0. The fourth-order valence-electron chi connectivity index (χ4n) is 5.00. The Labute approximate surface area is 253 Å². The van der Waals surface area contributed by atoms with Gasteiger partial charge in [0.15, 0.2) is 0 Å². The third-order valence-corrected chi connectivity index (χ3v) is 7.80. The lowest BCUT2D eigenvalue weighted by atomic mass is 10.0. The lowest BCUT2D eigenvalue weighted by Crippen LogP contribution is -2.49. The Morgan fingerprint density at radius 1 is 0.952 bits per heavy atom. The molecular formula is C31H39ClF2N4O3S. The van der Waals surface area contributed by atoms with Gasteiger partial charge >= 0.3 is 6.03 Å². The van der Waals surface area contributed by atoms with Gasteiger partial charge in [0.2, 0.25) is 10.0 Å². The van der Waals surface area contributed by atoms with Crippen molar-refractivity contribution in [1.82, 2.24) is 10.2 Å². The number of nitrogens with one attached hydrogen (secondary N) is 2. The number of likely N-dealkylation sites (tertiary alicyclic amines) is 1. The molecule has 1 aliphatic heterocycles. The first-order valence-electron chi connectivity index (χ1n) is 14.0. The maximum Gasteiger partial charge on any atom is 0.322 e. The third kappa shape index (κ3) is 9.96. The van der Waals surface area contributed by atoms with Gasteiger partial charge in [-0.1, -0.05) is 49.7 Å². The molecule has 0 radical (unpaired) electrons. The number of hydrogen-bond acceptors (Lipinski definition) is 4. The van der Waals surface area contributed by atoms with Crippen molar-refractivity contribution in [3.05, 3.63) is 95.1 Å². The van der Waals surface area contributed by atoms with Gasteiger partial charge in [-0.2, -0.15) is 0 Å². The van der Waals surface area contributed by atoms with E-state index in [1.165, 1.54) is 28.2 Å². The number of sulfonamides is 1. The number of unbranched alkanes of at least 4 members (excludes halogenated alkanes) is 1. The summed E-state index contributed by atoms with van der Waals surface area (Å²) in [6.07, 6.45) is 5.04. The molecule has 3 aromatic rings. The smallest absolute Gasteiger partial charge is 0.322 e. The molecule has 0 spiro atoms. The van der Waals surface area contributed by atoms with Gasteiger partial charge in [-0.05, 0) is 66.6 Å². The second kappa shape index (κ2) is 15.3. The lowest BCUT2D eigenvalue weighted by molar-refractivity contribution is 0.188. The maximum atomic E-state index is 14.4. The van der Waals surface area contributed by atoms with E-state index < -0.39 is 21.7 Å². The first kappa shape index (κ1) is 33.3. The molecule has 1 fully saturated rings. The minimum Gasteiger partial charge on any atom is -0.335 e. The van der Waals surface area contributed by atoms with E-state index in [1.54, 1.807) is 12.1 Å². The van der Waals surface area contributed by atoms with Crippen LogP contribution in [0.4, 0.5) is 25.0 Å². The number of carbonyl (C=O) groups excluding carboxylic acids is 1. The number of anilines is 2. The normalized spacial score (nSPS) is 14.2. The van der Waals surface area contributed by atoms with Crippen molar-refractivity contribution in [2.45, 2.75) is 51.6 Å². The zero-order valence-corrected chi connectivity index (χ0v) is 25.6. The number of amides is 2. The van der Waals surface area contributed by atoms with Crippen molar-refractivity contribution in [1.29, 1.82) is 0 Å². The van der Waals surface area contributed by atoms with Crippen molar-refractivity contribution >= 4 is 39.8 Å². The number of carbonyl (C=O) groups is 1. The monoisotopic (exact) mass is 620 g/mol. The molecule has 2 N–H and O–H groups in total. The highest BCUT2D eigenvalue weighted by atomic mass is 35.5. The maximum absolute atomic E-state index is 14.4. The van der Waals surface area contributed by atoms with Crippen LogP contribution in [-0.2, 0) is 23.0 Å². The van der Waals surface area contributed by atoms with Crippen LogP contribution in [0, 0.1) is 11.6 Å². The highest BCUT2D eigenvalue weighted by Gasteiger charge is 2.25. The number of piperidine rings is 1. The summed E-state index contributed by atoms with van der Waals surface area (Å²) in [4.78, 5) is 16.8. The summed E-state index contributed by atoms with van der Waals surface area (Å²) in [5.74, 6) is -1.41. The van der Waals surface area contributed by atoms with Crippen LogP contribution in [0.2, 0.25) is 0 Å². The van der Waals surface area contributed by atoms with Gasteiger partial charge < -0.3 is 5.32 Å². The molecule has 7 nitrogen and oxygen atoms in total. The first-order chi connectivity index (χ1) is 19.6. The highest BCUT2D eigenvalue weighted by Crippen LogP contribution is 2.22. The average Bonchev–Trinajstić information content (AvgIpc) is 2.92. The van der Waals surface area contributed by atoms with Crippen molar-refractivity contribution in [3.63, 3.8) is 0 Å². The third-order valence-electron chi connectivity index (χ3n) is 7.19. The zero-order valence-electron chi connectivity index (χ0n) is 24.0. The predicted octanol–water partition coefficient (Wildman–Crippen LogP) is 6.33. The predicted molar refractivity (Wildman–Crippen MR) is 167 cm³/mol. The number of halogens is 3. The van der Waals surface area contributed by atoms with E-state index in [-0.39, 0.29) is 30.2 Å². The van der Waals surface area contributed by atoms with Crippen LogP contribution in [-0.4, -0.2) is 51.3 Å². The van der Waals surface area contributed by atoms with E-state index in [4.69, 9.17) is 0 Å². The molecule has 11 heteroatoms. The molecule has 42 heavy (non-hydrogen) atoms. The summed E-state index contributed by atoms with van der Waals surface area (Å²) in [5.41, 5.74) is 4.12. The average molecular weight is 621 g/mol. The minimum atomic E-state index is -3.29. The van der Waals surface area contributed by atoms with E-state index in [2.05, 4.69) is 39.2 Å². The molecule has 0 aliphatic carbocycles. The standard InChI is InChI=1S/C31H38F2N4O3S.ClH/c1-3-4-17-37(30-14-11-26(32)21-29(30)33)31(38)34-27-15-18-36(19-16-27)22-25-7-5-23(6-8-25)20-24-9-12-28(13-10-24)35-41(2,39)40;/h5-14,21,27,35H,3-4,15-20,22H2,1-2H3,(H,34,38);1H. The highest BCUT2D eigenvalue weighted by molar-refractivity contribution is 7.92. The molecule has 2 amide bonds. The zero-order chi connectivity index (χ0) is 29.4. The number of rotatable bonds is 11. The van der Waals surface area contributed by atoms with Gasteiger partial charge in [0.05, 0.1) is 11.9 Å². The summed E-state index contributed by atoms with van der Waals surface area (Å²) in [6, 6.07) is 18.8. The van der Waals surface area contributed by atoms with Crippen LogP contribution < -0.4 is 14.9 Å². The number of benzene rings is 3. The van der Waals surface area contributed by atoms with Crippen molar-refractivity contribution in [2.24, 2.45) is 0 Å². The summed E-state index contributed by atoms with van der Waals surface area (Å²) in [6.45, 7) is 4.85. The molecule has 0 bridgehead atoms. The molecule has 0 atom stereocenters. The van der Waals surface area contributed by atoms with Crippen molar-refractivity contribution < 1.29 is 22.0 Å². The molecule has 0 aromatic heterocycles. The molecule has 228 valence electrons. The minimum absolute atomic E-state index is 0. The topological polar surface area (TPSA) is 81.8 Å². The second-order valence-corrected chi connectivity index (χ2v) is 12.4. The second-order valence-electron chi connectivity index (χ2n) is 10.7. The molecule has 0 saturated carbocycles. The van der Waals surface area contributed by atoms with E-state index in [1.807, 2.05) is 19.1 Å². The Morgan fingerprint density at radius 2 is 1.55 bits per heavy atom. The number of hydrogen-bond donors (Lipinski definition) is 2. The van der Waals surface area contributed by atoms with E-state index in [0.29, 0.717) is 12.2 Å². The molecule has 4 rings (SSSR count). The number of urea groups is 1. The van der Waals surface area contributed by atoms with Gasteiger partial charge in [-0.15, -0.1) is 12.4 Å². The molecule has 1 heterocycles. The Hall–Kier alpha value is -3.21. The Balaban J connectivity index is 0.00000484. The van der Waals surface area contributed by atoms with Crippen molar-refractivity contribution in [3.8, 4) is 0 Å². The molecule has 3 aromatic carbocycles.